The van der Waals surface area contributed by atoms with E-state index in [0.29, 0.717) is 0 Å². The SMILES string of the molecule is CNC/C=C/c1ccc(CBr)cc1. The maximum Gasteiger partial charge on any atom is 0.0283 e. The van der Waals surface area contributed by atoms with Gasteiger partial charge in [0.2, 0.25) is 0 Å². The fourth-order valence-corrected chi connectivity index (χ4v) is 1.40. The van der Waals surface area contributed by atoms with Gasteiger partial charge in [0.25, 0.3) is 0 Å². The molecule has 70 valence electrons. The Morgan fingerprint density at radius 3 is 2.54 bits per heavy atom. The third-order valence-corrected chi connectivity index (χ3v) is 2.41. The lowest BCUT2D eigenvalue weighted by molar-refractivity contribution is 0.922. The Morgan fingerprint density at radius 1 is 1.31 bits per heavy atom. The topological polar surface area (TPSA) is 12.0 Å². The van der Waals surface area contributed by atoms with Gasteiger partial charge in [-0.2, -0.15) is 0 Å². The number of hydrogen-bond donors (Lipinski definition) is 1. The first kappa shape index (κ1) is 10.5. The number of alkyl halides is 1. The molecular weight excluding hydrogens is 226 g/mol. The third-order valence-electron chi connectivity index (χ3n) is 1.77. The van der Waals surface area contributed by atoms with Gasteiger partial charge in [-0.25, -0.2) is 0 Å². The molecule has 1 nitrogen and oxygen atoms in total. The zero-order valence-electron chi connectivity index (χ0n) is 7.76. The number of hydrogen-bond acceptors (Lipinski definition) is 1. The van der Waals surface area contributed by atoms with Gasteiger partial charge in [0.1, 0.15) is 0 Å². The summed E-state index contributed by atoms with van der Waals surface area (Å²) in [7, 11) is 1.94. The van der Waals surface area contributed by atoms with Crippen LogP contribution >= 0.6 is 15.9 Å². The van der Waals surface area contributed by atoms with Crippen molar-refractivity contribution >= 4 is 22.0 Å². The van der Waals surface area contributed by atoms with E-state index in [1.165, 1.54) is 11.1 Å². The van der Waals surface area contributed by atoms with Crippen LogP contribution in [0.15, 0.2) is 30.3 Å². The maximum atomic E-state index is 3.42. The molecule has 0 bridgehead atoms. The summed E-state index contributed by atoms with van der Waals surface area (Å²) in [6.45, 7) is 0.917. The van der Waals surface area contributed by atoms with Gasteiger partial charge in [0.05, 0.1) is 0 Å². The fourth-order valence-electron chi connectivity index (χ4n) is 1.03. The molecule has 1 N–H and O–H groups in total. The second-order valence-corrected chi connectivity index (χ2v) is 3.40. The van der Waals surface area contributed by atoms with E-state index in [2.05, 4.69) is 57.7 Å². The van der Waals surface area contributed by atoms with E-state index in [0.717, 1.165) is 11.9 Å². The largest absolute Gasteiger partial charge is 0.316 e. The molecule has 0 heterocycles. The minimum absolute atomic E-state index is 0.917. The summed E-state index contributed by atoms with van der Waals surface area (Å²) in [5.41, 5.74) is 2.56. The summed E-state index contributed by atoms with van der Waals surface area (Å²) in [4.78, 5) is 0. The van der Waals surface area contributed by atoms with Gasteiger partial charge in [-0.3, -0.25) is 0 Å². The zero-order chi connectivity index (χ0) is 9.52. The van der Waals surface area contributed by atoms with Crippen LogP contribution in [0.2, 0.25) is 0 Å². The van der Waals surface area contributed by atoms with Crippen molar-refractivity contribution in [3.05, 3.63) is 41.5 Å². The van der Waals surface area contributed by atoms with E-state index in [1.54, 1.807) is 0 Å². The number of benzene rings is 1. The van der Waals surface area contributed by atoms with Gasteiger partial charge in [-0.15, -0.1) is 0 Å². The zero-order valence-corrected chi connectivity index (χ0v) is 9.34. The van der Waals surface area contributed by atoms with Crippen molar-refractivity contribution in [3.63, 3.8) is 0 Å². The molecule has 0 aliphatic rings. The summed E-state index contributed by atoms with van der Waals surface area (Å²) in [6, 6.07) is 8.52. The van der Waals surface area contributed by atoms with Crippen molar-refractivity contribution in [2.75, 3.05) is 13.6 Å². The minimum atomic E-state index is 0.917. The van der Waals surface area contributed by atoms with Gasteiger partial charge >= 0.3 is 0 Å². The van der Waals surface area contributed by atoms with Crippen molar-refractivity contribution in [2.45, 2.75) is 5.33 Å². The number of nitrogens with one attached hydrogen (secondary N) is 1. The summed E-state index contributed by atoms with van der Waals surface area (Å²) in [6.07, 6.45) is 4.23. The molecule has 0 aliphatic heterocycles. The Bertz CT molecular complexity index is 264. The highest BCUT2D eigenvalue weighted by Crippen LogP contribution is 2.08. The van der Waals surface area contributed by atoms with E-state index in [9.17, 15) is 0 Å². The lowest BCUT2D eigenvalue weighted by atomic mass is 10.1. The Morgan fingerprint density at radius 2 is 2.00 bits per heavy atom. The third kappa shape index (κ3) is 3.75. The van der Waals surface area contributed by atoms with Crippen molar-refractivity contribution in [1.82, 2.24) is 5.32 Å². The van der Waals surface area contributed by atoms with Crippen LogP contribution in [0.4, 0.5) is 0 Å². The predicted octanol–water partition coefficient (Wildman–Crippen LogP) is 2.81. The molecule has 1 rings (SSSR count). The van der Waals surface area contributed by atoms with Crippen LogP contribution in [0, 0.1) is 0 Å². The first-order chi connectivity index (χ1) is 6.36. The fraction of sp³-hybridized carbons (Fsp3) is 0.273. The first-order valence-corrected chi connectivity index (χ1v) is 5.45. The molecule has 1 aromatic carbocycles. The number of likely N-dealkylation sites (N-methyl/N-ethyl adjacent to an activating group) is 1. The van der Waals surface area contributed by atoms with E-state index >= 15 is 0 Å². The van der Waals surface area contributed by atoms with E-state index < -0.39 is 0 Å². The molecule has 0 saturated heterocycles. The van der Waals surface area contributed by atoms with Gasteiger partial charge in [0.15, 0.2) is 0 Å². The summed E-state index contributed by atoms with van der Waals surface area (Å²) < 4.78 is 0. The van der Waals surface area contributed by atoms with Crippen molar-refractivity contribution in [1.29, 1.82) is 0 Å². The first-order valence-electron chi connectivity index (χ1n) is 4.33. The highest BCUT2D eigenvalue weighted by Gasteiger charge is 1.88. The van der Waals surface area contributed by atoms with Crippen molar-refractivity contribution in [2.24, 2.45) is 0 Å². The lowest BCUT2D eigenvalue weighted by Gasteiger charge is -1.96. The highest BCUT2D eigenvalue weighted by molar-refractivity contribution is 9.08. The molecule has 13 heavy (non-hydrogen) atoms. The molecule has 0 radical (unpaired) electrons. The molecule has 0 spiro atoms. The maximum absolute atomic E-state index is 3.42. The molecule has 0 aromatic heterocycles. The van der Waals surface area contributed by atoms with Crippen LogP contribution in [0.3, 0.4) is 0 Å². The smallest absolute Gasteiger partial charge is 0.0283 e. The lowest BCUT2D eigenvalue weighted by Crippen LogP contribution is -2.03. The highest BCUT2D eigenvalue weighted by atomic mass is 79.9. The van der Waals surface area contributed by atoms with Gasteiger partial charge in [-0.05, 0) is 18.2 Å². The Hall–Kier alpha value is -0.600. The molecule has 0 fully saturated rings. The number of halogens is 1. The molecule has 0 atom stereocenters. The molecule has 1 aromatic rings. The summed E-state index contributed by atoms with van der Waals surface area (Å²) in [5.74, 6) is 0. The van der Waals surface area contributed by atoms with Gasteiger partial charge in [-0.1, -0.05) is 52.3 Å². The second kappa shape index (κ2) is 5.95. The quantitative estimate of drug-likeness (QED) is 0.798. The summed E-state index contributed by atoms with van der Waals surface area (Å²) >= 11 is 3.42. The van der Waals surface area contributed by atoms with E-state index in [1.807, 2.05) is 7.05 Å². The number of rotatable bonds is 4. The second-order valence-electron chi connectivity index (χ2n) is 2.84. The molecule has 0 unspecified atom stereocenters. The standard InChI is InChI=1S/C11H14BrN/c1-13-8-2-3-10-4-6-11(9-12)7-5-10/h2-7,13H,8-9H2,1H3/b3-2+. The van der Waals surface area contributed by atoms with Crippen LogP contribution in [0.5, 0.6) is 0 Å². The Labute approximate surface area is 88.0 Å². The Balaban J connectivity index is 2.58. The molecule has 0 saturated carbocycles. The van der Waals surface area contributed by atoms with Crippen LogP contribution in [0.1, 0.15) is 11.1 Å². The van der Waals surface area contributed by atoms with E-state index in [4.69, 9.17) is 0 Å². The minimum Gasteiger partial charge on any atom is -0.316 e. The average Bonchev–Trinajstić information content (AvgIpc) is 2.19. The normalized spacial score (nSPS) is 10.9. The van der Waals surface area contributed by atoms with Crippen LogP contribution in [-0.4, -0.2) is 13.6 Å². The Kier molecular flexibility index (Phi) is 4.79. The monoisotopic (exact) mass is 239 g/mol. The van der Waals surface area contributed by atoms with Crippen molar-refractivity contribution < 1.29 is 0 Å². The van der Waals surface area contributed by atoms with E-state index in [-0.39, 0.29) is 0 Å². The molecule has 0 amide bonds. The van der Waals surface area contributed by atoms with Gasteiger partial charge < -0.3 is 5.32 Å². The molecule has 0 aliphatic carbocycles. The van der Waals surface area contributed by atoms with Gasteiger partial charge in [0, 0.05) is 11.9 Å². The molecular formula is C11H14BrN. The van der Waals surface area contributed by atoms with Crippen LogP contribution in [-0.2, 0) is 5.33 Å². The van der Waals surface area contributed by atoms with Crippen molar-refractivity contribution in [3.8, 4) is 0 Å². The molecule has 2 heteroatoms. The summed E-state index contributed by atoms with van der Waals surface area (Å²) in [5, 5.41) is 3.99. The van der Waals surface area contributed by atoms with Crippen LogP contribution in [0.25, 0.3) is 6.08 Å². The van der Waals surface area contributed by atoms with Crippen LogP contribution < -0.4 is 5.32 Å². The predicted molar refractivity (Wildman–Crippen MR) is 62.0 cm³/mol. The average molecular weight is 240 g/mol.